The number of aryl methyl sites for hydroxylation is 1. The van der Waals surface area contributed by atoms with E-state index in [-0.39, 0.29) is 17.8 Å². The van der Waals surface area contributed by atoms with Crippen LogP contribution < -0.4 is 5.32 Å². The lowest BCUT2D eigenvalue weighted by atomic mass is 10.1. The molecular weight excluding hydrogens is 379 g/mol. The van der Waals surface area contributed by atoms with Gasteiger partial charge in [-0.1, -0.05) is 30.3 Å². The molecule has 0 radical (unpaired) electrons. The molecule has 3 rings (SSSR count). The van der Waals surface area contributed by atoms with Crippen molar-refractivity contribution in [2.75, 3.05) is 20.6 Å². The van der Waals surface area contributed by atoms with Crippen LogP contribution in [0.1, 0.15) is 23.6 Å². The summed E-state index contributed by atoms with van der Waals surface area (Å²) in [6.45, 7) is 0.971. The van der Waals surface area contributed by atoms with Gasteiger partial charge >= 0.3 is 0 Å². The van der Waals surface area contributed by atoms with Crippen LogP contribution in [0.5, 0.6) is 0 Å². The summed E-state index contributed by atoms with van der Waals surface area (Å²) in [7, 11) is 3.79. The molecule has 0 aliphatic rings. The highest BCUT2D eigenvalue weighted by Gasteiger charge is 2.15. The summed E-state index contributed by atoms with van der Waals surface area (Å²) in [4.78, 5) is 14.4. The number of para-hydroxylation sites is 1. The summed E-state index contributed by atoms with van der Waals surface area (Å²) >= 11 is 0. The van der Waals surface area contributed by atoms with Gasteiger partial charge in [0.15, 0.2) is 0 Å². The van der Waals surface area contributed by atoms with E-state index in [1.807, 2.05) is 60.1 Å². The number of rotatable bonds is 8. The highest BCUT2D eigenvalue weighted by atomic mass is 19.1. The molecular formula is C24H25FN4O. The number of hydrogen-bond acceptors (Lipinski definition) is 3. The molecule has 1 aromatic heterocycles. The van der Waals surface area contributed by atoms with Gasteiger partial charge in [-0.25, -0.2) is 4.39 Å². The van der Waals surface area contributed by atoms with E-state index >= 15 is 0 Å². The van der Waals surface area contributed by atoms with Crippen molar-refractivity contribution in [1.29, 1.82) is 5.26 Å². The Morgan fingerprint density at radius 2 is 2.07 bits per heavy atom. The van der Waals surface area contributed by atoms with Crippen molar-refractivity contribution < 1.29 is 9.18 Å². The highest BCUT2D eigenvalue weighted by Crippen LogP contribution is 2.23. The molecule has 0 aliphatic carbocycles. The first kappa shape index (κ1) is 21.3. The van der Waals surface area contributed by atoms with E-state index in [1.165, 1.54) is 18.2 Å². The maximum absolute atomic E-state index is 13.6. The third-order valence-corrected chi connectivity index (χ3v) is 5.02. The largest absolute Gasteiger partial charge is 0.351 e. The molecule has 30 heavy (non-hydrogen) atoms. The first-order chi connectivity index (χ1) is 14.5. The molecule has 1 amide bonds. The number of nitrogens with one attached hydrogen (secondary N) is 1. The number of nitrogens with zero attached hydrogens (tertiary/aromatic N) is 3. The van der Waals surface area contributed by atoms with Gasteiger partial charge < -0.3 is 14.8 Å². The zero-order valence-corrected chi connectivity index (χ0v) is 17.2. The van der Waals surface area contributed by atoms with Gasteiger partial charge in [0.2, 0.25) is 5.91 Å². The predicted octanol–water partition coefficient (Wildman–Crippen LogP) is 4.13. The molecule has 0 fully saturated rings. The van der Waals surface area contributed by atoms with Crippen LogP contribution in [0.3, 0.4) is 0 Å². The molecule has 1 atom stereocenters. The molecule has 1 heterocycles. The van der Waals surface area contributed by atoms with E-state index in [2.05, 4.69) is 11.4 Å². The topological polar surface area (TPSA) is 61.1 Å². The van der Waals surface area contributed by atoms with E-state index in [9.17, 15) is 9.18 Å². The molecule has 5 nitrogen and oxygen atoms in total. The van der Waals surface area contributed by atoms with E-state index in [0.29, 0.717) is 19.5 Å². The average molecular weight is 404 g/mol. The minimum atomic E-state index is -0.293. The van der Waals surface area contributed by atoms with Crippen LogP contribution in [0.25, 0.3) is 17.0 Å². The highest BCUT2D eigenvalue weighted by molar-refractivity contribution is 5.96. The lowest BCUT2D eigenvalue weighted by molar-refractivity contribution is -0.116. The first-order valence-electron chi connectivity index (χ1n) is 9.82. The molecule has 1 unspecified atom stereocenters. The van der Waals surface area contributed by atoms with Gasteiger partial charge in [0.05, 0.1) is 18.5 Å². The normalized spacial score (nSPS) is 12.4. The molecule has 1 N–H and O–H groups in total. The van der Waals surface area contributed by atoms with Crippen molar-refractivity contribution in [3.05, 3.63) is 77.7 Å². The molecule has 6 heteroatoms. The number of fused-ring (bicyclic) bond motifs is 1. The first-order valence-corrected chi connectivity index (χ1v) is 9.82. The average Bonchev–Trinajstić information content (AvgIpc) is 3.08. The molecule has 3 aromatic rings. The van der Waals surface area contributed by atoms with E-state index < -0.39 is 0 Å². The van der Waals surface area contributed by atoms with E-state index in [1.54, 1.807) is 12.1 Å². The fourth-order valence-electron chi connectivity index (χ4n) is 3.50. The summed E-state index contributed by atoms with van der Waals surface area (Å²) in [5.74, 6) is -0.509. The Morgan fingerprint density at radius 1 is 1.27 bits per heavy atom. The number of nitriles is 1. The van der Waals surface area contributed by atoms with Crippen molar-refractivity contribution in [3.63, 3.8) is 0 Å². The zero-order valence-electron chi connectivity index (χ0n) is 17.2. The maximum Gasteiger partial charge on any atom is 0.244 e. The molecule has 0 spiro atoms. The van der Waals surface area contributed by atoms with Crippen LogP contribution in [0.15, 0.2) is 60.8 Å². The van der Waals surface area contributed by atoms with Crippen LogP contribution in [-0.4, -0.2) is 36.0 Å². The predicted molar refractivity (Wildman–Crippen MR) is 117 cm³/mol. The van der Waals surface area contributed by atoms with Gasteiger partial charge in [-0.2, -0.15) is 5.26 Å². The second-order valence-corrected chi connectivity index (χ2v) is 7.32. The fourth-order valence-corrected chi connectivity index (χ4v) is 3.50. The number of aromatic nitrogens is 1. The van der Waals surface area contributed by atoms with Crippen molar-refractivity contribution in [2.24, 2.45) is 0 Å². The minimum Gasteiger partial charge on any atom is -0.351 e. The maximum atomic E-state index is 13.6. The van der Waals surface area contributed by atoms with Crippen molar-refractivity contribution >= 4 is 22.9 Å². The SMILES string of the molecule is CN(C)C(CNC(=O)/C=C/c1cn(CCC#N)c2ccccc12)c1cccc(F)c1. The quantitative estimate of drug-likeness (QED) is 0.575. The number of carbonyl (C=O) groups excluding carboxylic acids is 1. The van der Waals surface area contributed by atoms with E-state index in [0.717, 1.165) is 22.0 Å². The van der Waals surface area contributed by atoms with Crippen LogP contribution in [-0.2, 0) is 11.3 Å². The van der Waals surface area contributed by atoms with Crippen LogP contribution in [0, 0.1) is 17.1 Å². The number of carbonyl (C=O) groups is 1. The van der Waals surface area contributed by atoms with Crippen LogP contribution in [0.4, 0.5) is 4.39 Å². The number of halogens is 1. The summed E-state index contributed by atoms with van der Waals surface area (Å²) in [5, 5.41) is 12.8. The number of benzene rings is 2. The summed E-state index contributed by atoms with van der Waals surface area (Å²) in [6.07, 6.45) is 5.68. The molecule has 0 saturated heterocycles. The minimum absolute atomic E-state index is 0.133. The third-order valence-electron chi connectivity index (χ3n) is 5.02. The Morgan fingerprint density at radius 3 is 2.80 bits per heavy atom. The third kappa shape index (κ3) is 5.13. The molecule has 154 valence electrons. The lowest BCUT2D eigenvalue weighted by Gasteiger charge is -2.24. The van der Waals surface area contributed by atoms with Gasteiger partial charge in [-0.05, 0) is 43.9 Å². The van der Waals surface area contributed by atoms with Gasteiger partial charge in [0, 0.05) is 41.8 Å². The second-order valence-electron chi connectivity index (χ2n) is 7.32. The fraction of sp³-hybridized carbons (Fsp3) is 0.250. The second kappa shape index (κ2) is 9.86. The smallest absolute Gasteiger partial charge is 0.244 e. The van der Waals surface area contributed by atoms with Gasteiger partial charge in [0.25, 0.3) is 0 Å². The Bertz CT molecular complexity index is 1090. The zero-order chi connectivity index (χ0) is 21.5. The van der Waals surface area contributed by atoms with Crippen LogP contribution in [0.2, 0.25) is 0 Å². The summed E-state index contributed by atoms with van der Waals surface area (Å²) in [5.41, 5.74) is 2.77. The monoisotopic (exact) mass is 404 g/mol. The summed E-state index contributed by atoms with van der Waals surface area (Å²) < 4.78 is 15.6. The number of likely N-dealkylation sites (N-methyl/N-ethyl adjacent to an activating group) is 1. The lowest BCUT2D eigenvalue weighted by Crippen LogP contribution is -2.33. The molecule has 0 bridgehead atoms. The molecule has 2 aromatic carbocycles. The number of hydrogen-bond donors (Lipinski definition) is 1. The van der Waals surface area contributed by atoms with Gasteiger partial charge in [-0.3, -0.25) is 4.79 Å². The Hall–Kier alpha value is -3.43. The summed E-state index contributed by atoms with van der Waals surface area (Å²) in [6, 6.07) is 16.4. The van der Waals surface area contributed by atoms with Gasteiger partial charge in [0.1, 0.15) is 5.82 Å². The van der Waals surface area contributed by atoms with Crippen molar-refractivity contribution in [3.8, 4) is 6.07 Å². The molecule has 0 aliphatic heterocycles. The molecule has 0 saturated carbocycles. The van der Waals surface area contributed by atoms with Gasteiger partial charge in [-0.15, -0.1) is 0 Å². The Balaban J connectivity index is 1.71. The van der Waals surface area contributed by atoms with Crippen LogP contribution >= 0.6 is 0 Å². The Kier molecular flexibility index (Phi) is 6.99. The van der Waals surface area contributed by atoms with Crippen molar-refractivity contribution in [2.45, 2.75) is 19.0 Å². The van der Waals surface area contributed by atoms with E-state index in [4.69, 9.17) is 5.26 Å². The number of amides is 1. The van der Waals surface area contributed by atoms with Crippen molar-refractivity contribution in [1.82, 2.24) is 14.8 Å². The standard InChI is InChI=1S/C24H25FN4O/c1-28(2)23(18-7-5-8-20(25)15-18)16-27-24(30)12-11-19-17-29(14-6-13-26)22-10-4-3-9-21(19)22/h3-5,7-12,15,17,23H,6,14,16H2,1-2H3,(H,27,30)/b12-11+. The Labute approximate surface area is 176 Å².